The molecule has 1 heterocycles. The molecule has 2 rings (SSSR count). The van der Waals surface area contributed by atoms with E-state index in [-0.39, 0.29) is 18.6 Å². The largest absolute Gasteiger partial charge is 0.483 e. The average molecular weight is 354 g/mol. The molecular formula is C15H16BrNO2S. The van der Waals surface area contributed by atoms with Crippen molar-refractivity contribution in [3.05, 3.63) is 50.6 Å². The summed E-state index contributed by atoms with van der Waals surface area (Å²) in [4.78, 5) is 13.0. The van der Waals surface area contributed by atoms with E-state index in [1.54, 1.807) is 11.3 Å². The highest BCUT2D eigenvalue weighted by atomic mass is 79.9. The molecule has 1 amide bonds. The molecule has 0 spiro atoms. The molecule has 3 nitrogen and oxygen atoms in total. The Morgan fingerprint density at radius 2 is 2.25 bits per heavy atom. The maximum Gasteiger partial charge on any atom is 0.258 e. The Labute approximate surface area is 131 Å². The van der Waals surface area contributed by atoms with Gasteiger partial charge in [0.05, 0.1) is 10.5 Å². The van der Waals surface area contributed by atoms with Crippen LogP contribution < -0.4 is 10.1 Å². The Morgan fingerprint density at radius 3 is 2.90 bits per heavy atom. The molecule has 2 aromatic rings. The number of rotatable bonds is 5. The Balaban J connectivity index is 1.86. The summed E-state index contributed by atoms with van der Waals surface area (Å²) in [5, 5.41) is 4.91. The van der Waals surface area contributed by atoms with Crippen LogP contribution in [-0.4, -0.2) is 12.5 Å². The van der Waals surface area contributed by atoms with Gasteiger partial charge in [0.15, 0.2) is 6.61 Å². The van der Waals surface area contributed by atoms with E-state index in [9.17, 15) is 4.79 Å². The second-order valence-electron chi connectivity index (χ2n) is 4.53. The molecule has 106 valence electrons. The Bertz CT molecular complexity index is 584. The topological polar surface area (TPSA) is 38.3 Å². The summed E-state index contributed by atoms with van der Waals surface area (Å²) >= 11 is 5.05. The Hall–Kier alpha value is -1.33. The number of benzene rings is 1. The van der Waals surface area contributed by atoms with Crippen LogP contribution in [0.2, 0.25) is 0 Å². The first-order valence-corrected chi connectivity index (χ1v) is 7.95. The molecule has 1 aromatic heterocycles. The maximum atomic E-state index is 11.9. The standard InChI is InChI=1S/C15H16BrNO2S/c1-10-5-6-13(12(16)8-10)19-9-15(18)17-11(2)14-4-3-7-20-14/h3-8,11H,9H2,1-2H3,(H,17,18). The van der Waals surface area contributed by atoms with Gasteiger partial charge in [-0.1, -0.05) is 12.1 Å². The minimum Gasteiger partial charge on any atom is -0.483 e. The molecule has 0 radical (unpaired) electrons. The predicted molar refractivity (Wildman–Crippen MR) is 85.3 cm³/mol. The quantitative estimate of drug-likeness (QED) is 0.879. The van der Waals surface area contributed by atoms with Crippen molar-refractivity contribution in [3.63, 3.8) is 0 Å². The third-order valence-corrected chi connectivity index (χ3v) is 4.47. The van der Waals surface area contributed by atoms with Gasteiger partial charge in [0.1, 0.15) is 5.75 Å². The molecule has 0 saturated heterocycles. The monoisotopic (exact) mass is 353 g/mol. The highest BCUT2D eigenvalue weighted by molar-refractivity contribution is 9.10. The molecule has 0 bridgehead atoms. The third kappa shape index (κ3) is 4.08. The number of hydrogen-bond acceptors (Lipinski definition) is 3. The number of ether oxygens (including phenoxy) is 1. The summed E-state index contributed by atoms with van der Waals surface area (Å²) in [5.74, 6) is 0.549. The summed E-state index contributed by atoms with van der Waals surface area (Å²) in [7, 11) is 0. The zero-order valence-corrected chi connectivity index (χ0v) is 13.8. The van der Waals surface area contributed by atoms with Crippen molar-refractivity contribution in [2.75, 3.05) is 6.61 Å². The lowest BCUT2D eigenvalue weighted by atomic mass is 10.2. The van der Waals surface area contributed by atoms with Gasteiger partial charge in [0.2, 0.25) is 0 Å². The molecule has 1 unspecified atom stereocenters. The first-order chi connectivity index (χ1) is 9.56. The Morgan fingerprint density at radius 1 is 1.45 bits per heavy atom. The average Bonchev–Trinajstić information content (AvgIpc) is 2.91. The zero-order chi connectivity index (χ0) is 14.5. The van der Waals surface area contributed by atoms with Crippen LogP contribution in [0.3, 0.4) is 0 Å². The van der Waals surface area contributed by atoms with E-state index in [1.807, 2.05) is 49.6 Å². The number of halogens is 1. The van der Waals surface area contributed by atoms with Gasteiger partial charge in [-0.2, -0.15) is 0 Å². The van der Waals surface area contributed by atoms with Crippen LogP contribution >= 0.6 is 27.3 Å². The summed E-state index contributed by atoms with van der Waals surface area (Å²) in [6, 6.07) is 9.76. The first-order valence-electron chi connectivity index (χ1n) is 6.28. The van der Waals surface area contributed by atoms with Crippen LogP contribution in [-0.2, 0) is 4.79 Å². The van der Waals surface area contributed by atoms with Crippen LogP contribution in [0.1, 0.15) is 23.4 Å². The number of aryl methyl sites for hydroxylation is 1. The fourth-order valence-corrected chi connectivity index (χ4v) is 3.10. The zero-order valence-electron chi connectivity index (χ0n) is 11.4. The first kappa shape index (κ1) is 15.1. The van der Waals surface area contributed by atoms with E-state index in [0.29, 0.717) is 5.75 Å². The number of nitrogens with one attached hydrogen (secondary N) is 1. The van der Waals surface area contributed by atoms with E-state index < -0.39 is 0 Å². The number of hydrogen-bond donors (Lipinski definition) is 1. The fraction of sp³-hybridized carbons (Fsp3) is 0.267. The molecule has 1 atom stereocenters. The van der Waals surface area contributed by atoms with Crippen molar-refractivity contribution >= 4 is 33.2 Å². The smallest absolute Gasteiger partial charge is 0.258 e. The van der Waals surface area contributed by atoms with Crippen LogP contribution in [0.15, 0.2) is 40.2 Å². The highest BCUT2D eigenvalue weighted by Crippen LogP contribution is 2.25. The second kappa shape index (κ2) is 6.90. The second-order valence-corrected chi connectivity index (χ2v) is 6.36. The molecule has 1 aromatic carbocycles. The number of carbonyl (C=O) groups excluding carboxylic acids is 1. The molecule has 1 N–H and O–H groups in total. The van der Waals surface area contributed by atoms with Crippen LogP contribution in [0.5, 0.6) is 5.75 Å². The highest BCUT2D eigenvalue weighted by Gasteiger charge is 2.11. The van der Waals surface area contributed by atoms with Crippen LogP contribution in [0.25, 0.3) is 0 Å². The SMILES string of the molecule is Cc1ccc(OCC(=O)NC(C)c2cccs2)c(Br)c1. The van der Waals surface area contributed by atoms with E-state index in [1.165, 1.54) is 0 Å². The van der Waals surface area contributed by atoms with Gasteiger partial charge < -0.3 is 10.1 Å². The number of amides is 1. The van der Waals surface area contributed by atoms with Gasteiger partial charge >= 0.3 is 0 Å². The summed E-state index contributed by atoms with van der Waals surface area (Å²) in [5.41, 5.74) is 1.14. The van der Waals surface area contributed by atoms with Crippen molar-refractivity contribution in [2.24, 2.45) is 0 Å². The van der Waals surface area contributed by atoms with Crippen molar-refractivity contribution in [3.8, 4) is 5.75 Å². The lowest BCUT2D eigenvalue weighted by Crippen LogP contribution is -2.30. The van der Waals surface area contributed by atoms with Gasteiger partial charge in [-0.25, -0.2) is 0 Å². The normalized spacial score (nSPS) is 11.9. The van der Waals surface area contributed by atoms with Gasteiger partial charge in [-0.15, -0.1) is 11.3 Å². The molecule has 0 aliphatic carbocycles. The number of carbonyl (C=O) groups is 1. The van der Waals surface area contributed by atoms with Crippen molar-refractivity contribution in [2.45, 2.75) is 19.9 Å². The predicted octanol–water partition coefficient (Wildman–Crippen LogP) is 4.08. The van der Waals surface area contributed by atoms with Crippen molar-refractivity contribution in [1.82, 2.24) is 5.32 Å². The van der Waals surface area contributed by atoms with E-state index in [0.717, 1.165) is 14.9 Å². The van der Waals surface area contributed by atoms with Gasteiger partial charge in [0, 0.05) is 4.88 Å². The molecule has 0 saturated carbocycles. The minimum absolute atomic E-state index is 0.00700. The maximum absolute atomic E-state index is 11.9. The van der Waals surface area contributed by atoms with Crippen LogP contribution in [0.4, 0.5) is 0 Å². The molecule has 0 aliphatic rings. The molecule has 5 heteroatoms. The molecular weight excluding hydrogens is 338 g/mol. The third-order valence-electron chi connectivity index (χ3n) is 2.79. The molecule has 20 heavy (non-hydrogen) atoms. The van der Waals surface area contributed by atoms with E-state index >= 15 is 0 Å². The molecule has 0 fully saturated rings. The van der Waals surface area contributed by atoms with Crippen molar-refractivity contribution < 1.29 is 9.53 Å². The fourth-order valence-electron chi connectivity index (χ4n) is 1.76. The van der Waals surface area contributed by atoms with E-state index in [2.05, 4.69) is 21.2 Å². The lowest BCUT2D eigenvalue weighted by Gasteiger charge is -2.13. The minimum atomic E-state index is -0.127. The number of thiophene rings is 1. The van der Waals surface area contributed by atoms with Crippen LogP contribution in [0, 0.1) is 6.92 Å². The van der Waals surface area contributed by atoms with Crippen molar-refractivity contribution in [1.29, 1.82) is 0 Å². The summed E-state index contributed by atoms with van der Waals surface area (Å²) in [6.07, 6.45) is 0. The summed E-state index contributed by atoms with van der Waals surface area (Å²) in [6.45, 7) is 3.98. The summed E-state index contributed by atoms with van der Waals surface area (Å²) < 4.78 is 6.37. The van der Waals surface area contributed by atoms with E-state index in [4.69, 9.17) is 4.74 Å². The van der Waals surface area contributed by atoms with Gasteiger partial charge in [-0.3, -0.25) is 4.79 Å². The Kier molecular flexibility index (Phi) is 5.20. The van der Waals surface area contributed by atoms with Gasteiger partial charge in [-0.05, 0) is 58.9 Å². The molecule has 0 aliphatic heterocycles. The van der Waals surface area contributed by atoms with Gasteiger partial charge in [0.25, 0.3) is 5.91 Å². The lowest BCUT2D eigenvalue weighted by molar-refractivity contribution is -0.123.